The van der Waals surface area contributed by atoms with E-state index in [4.69, 9.17) is 5.11 Å². The molecule has 3 N–H and O–H groups in total. The van der Waals surface area contributed by atoms with E-state index in [1.165, 1.54) is 6.07 Å². The first-order valence-corrected chi connectivity index (χ1v) is 7.88. The van der Waals surface area contributed by atoms with E-state index in [1.54, 1.807) is 18.2 Å². The number of benzene rings is 1. The zero-order valence-corrected chi connectivity index (χ0v) is 13.2. The topological polar surface area (TPSA) is 95.5 Å². The molecule has 23 heavy (non-hydrogen) atoms. The fourth-order valence-corrected chi connectivity index (χ4v) is 2.69. The number of nitrogens with one attached hydrogen (secondary N) is 2. The molecular formula is C17H22N2O4. The van der Waals surface area contributed by atoms with Gasteiger partial charge in [-0.1, -0.05) is 13.0 Å². The molecule has 6 nitrogen and oxygen atoms in total. The summed E-state index contributed by atoms with van der Waals surface area (Å²) in [6, 6.07) is 6.46. The average molecular weight is 318 g/mol. The van der Waals surface area contributed by atoms with Gasteiger partial charge in [0.05, 0.1) is 12.0 Å². The third-order valence-electron chi connectivity index (χ3n) is 4.10. The molecular weight excluding hydrogens is 296 g/mol. The molecule has 0 saturated heterocycles. The summed E-state index contributed by atoms with van der Waals surface area (Å²) in [6.07, 6.45) is 3.01. The molecule has 0 aliphatic heterocycles. The van der Waals surface area contributed by atoms with Crippen molar-refractivity contribution in [3.05, 3.63) is 35.4 Å². The van der Waals surface area contributed by atoms with Crippen LogP contribution < -0.4 is 10.6 Å². The van der Waals surface area contributed by atoms with Crippen LogP contribution in [0.25, 0.3) is 0 Å². The first-order valence-electron chi connectivity index (χ1n) is 7.88. The number of carboxylic acids is 1. The Morgan fingerprint density at radius 3 is 2.35 bits per heavy atom. The Morgan fingerprint density at radius 2 is 1.83 bits per heavy atom. The van der Waals surface area contributed by atoms with E-state index in [0.717, 1.165) is 12.8 Å². The molecule has 0 unspecified atom stereocenters. The lowest BCUT2D eigenvalue weighted by molar-refractivity contribution is -0.139. The van der Waals surface area contributed by atoms with Gasteiger partial charge in [0.2, 0.25) is 0 Å². The molecule has 0 spiro atoms. The molecule has 1 aromatic carbocycles. The highest BCUT2D eigenvalue weighted by molar-refractivity contribution is 6.00. The van der Waals surface area contributed by atoms with Gasteiger partial charge in [0.25, 0.3) is 11.8 Å². The largest absolute Gasteiger partial charge is 0.481 e. The van der Waals surface area contributed by atoms with Crippen LogP contribution in [-0.2, 0) is 4.79 Å². The smallest absolute Gasteiger partial charge is 0.305 e. The zero-order chi connectivity index (χ0) is 16.9. The summed E-state index contributed by atoms with van der Waals surface area (Å²) in [6.45, 7) is 2.54. The van der Waals surface area contributed by atoms with Crippen LogP contribution in [0.1, 0.15) is 59.7 Å². The van der Waals surface area contributed by atoms with E-state index in [2.05, 4.69) is 10.6 Å². The lowest BCUT2D eigenvalue weighted by atomic mass is 9.74. The molecule has 0 aromatic heterocycles. The van der Waals surface area contributed by atoms with Crippen LogP contribution in [0.15, 0.2) is 24.3 Å². The van der Waals surface area contributed by atoms with E-state index in [0.29, 0.717) is 30.5 Å². The van der Waals surface area contributed by atoms with Gasteiger partial charge in [0, 0.05) is 17.7 Å². The van der Waals surface area contributed by atoms with Gasteiger partial charge < -0.3 is 15.7 Å². The van der Waals surface area contributed by atoms with Crippen molar-refractivity contribution < 1.29 is 19.5 Å². The van der Waals surface area contributed by atoms with Gasteiger partial charge in [-0.2, -0.15) is 0 Å². The number of carbonyl (C=O) groups excluding carboxylic acids is 2. The number of aliphatic carboxylic acids is 1. The van der Waals surface area contributed by atoms with Gasteiger partial charge in [-0.15, -0.1) is 0 Å². The van der Waals surface area contributed by atoms with E-state index in [9.17, 15) is 14.4 Å². The maximum absolute atomic E-state index is 12.4. The number of rotatable bonds is 7. The van der Waals surface area contributed by atoms with Gasteiger partial charge >= 0.3 is 5.97 Å². The Labute approximate surface area is 135 Å². The molecule has 0 radical (unpaired) electrons. The van der Waals surface area contributed by atoms with Crippen molar-refractivity contribution in [2.75, 3.05) is 6.54 Å². The Balaban J connectivity index is 2.07. The van der Waals surface area contributed by atoms with Crippen molar-refractivity contribution in [3.63, 3.8) is 0 Å². The van der Waals surface area contributed by atoms with Gasteiger partial charge in [0.15, 0.2) is 0 Å². The number of carbonyl (C=O) groups is 3. The number of amides is 2. The third kappa shape index (κ3) is 4.31. The second-order valence-electron chi connectivity index (χ2n) is 6.00. The predicted molar refractivity (Wildman–Crippen MR) is 85.4 cm³/mol. The van der Waals surface area contributed by atoms with Crippen LogP contribution in [0, 0.1) is 0 Å². The molecule has 1 fully saturated rings. The molecule has 2 rings (SSSR count). The third-order valence-corrected chi connectivity index (χ3v) is 4.10. The second kappa shape index (κ2) is 7.26. The van der Waals surface area contributed by atoms with Crippen molar-refractivity contribution in [1.82, 2.24) is 10.6 Å². The maximum atomic E-state index is 12.4. The van der Waals surface area contributed by atoms with Gasteiger partial charge in [-0.25, -0.2) is 0 Å². The van der Waals surface area contributed by atoms with Crippen molar-refractivity contribution >= 4 is 17.8 Å². The van der Waals surface area contributed by atoms with Crippen molar-refractivity contribution in [1.29, 1.82) is 0 Å². The van der Waals surface area contributed by atoms with Crippen LogP contribution in [-0.4, -0.2) is 35.0 Å². The van der Waals surface area contributed by atoms with Crippen molar-refractivity contribution in [2.45, 2.75) is 44.6 Å². The summed E-state index contributed by atoms with van der Waals surface area (Å²) >= 11 is 0. The molecule has 124 valence electrons. The molecule has 1 aliphatic rings. The molecule has 0 heterocycles. The average Bonchev–Trinajstić information content (AvgIpc) is 2.50. The Hall–Kier alpha value is -2.37. The van der Waals surface area contributed by atoms with E-state index in [-0.39, 0.29) is 18.2 Å². The molecule has 6 heteroatoms. The summed E-state index contributed by atoms with van der Waals surface area (Å²) in [7, 11) is 0. The van der Waals surface area contributed by atoms with Crippen LogP contribution in [0.4, 0.5) is 0 Å². The Kier molecular flexibility index (Phi) is 5.36. The number of hydrogen-bond acceptors (Lipinski definition) is 3. The molecule has 1 saturated carbocycles. The number of hydrogen-bond donors (Lipinski definition) is 3. The van der Waals surface area contributed by atoms with Crippen molar-refractivity contribution in [3.8, 4) is 0 Å². The lowest BCUT2D eigenvalue weighted by Gasteiger charge is -2.41. The van der Waals surface area contributed by atoms with Crippen LogP contribution in [0.2, 0.25) is 0 Å². The highest BCUT2D eigenvalue weighted by atomic mass is 16.4. The fourth-order valence-electron chi connectivity index (χ4n) is 2.69. The predicted octanol–water partition coefficient (Wildman–Crippen LogP) is 1.95. The summed E-state index contributed by atoms with van der Waals surface area (Å²) in [4.78, 5) is 35.3. The van der Waals surface area contributed by atoms with Crippen molar-refractivity contribution in [2.24, 2.45) is 0 Å². The van der Waals surface area contributed by atoms with Crippen LogP contribution in [0.5, 0.6) is 0 Å². The SMILES string of the molecule is CCCNC(=O)c1cccc(C(=O)NC2(CC(=O)O)CCC2)c1. The summed E-state index contributed by atoms with van der Waals surface area (Å²) < 4.78 is 0. The fraction of sp³-hybridized carbons (Fsp3) is 0.471. The van der Waals surface area contributed by atoms with Gasteiger partial charge in [-0.3, -0.25) is 14.4 Å². The minimum Gasteiger partial charge on any atom is -0.481 e. The molecule has 0 atom stereocenters. The minimum absolute atomic E-state index is 0.0740. The monoisotopic (exact) mass is 318 g/mol. The maximum Gasteiger partial charge on any atom is 0.305 e. The second-order valence-corrected chi connectivity index (χ2v) is 6.00. The highest BCUT2D eigenvalue weighted by Crippen LogP contribution is 2.35. The molecule has 2 amide bonds. The zero-order valence-electron chi connectivity index (χ0n) is 13.2. The Morgan fingerprint density at radius 1 is 1.17 bits per heavy atom. The van der Waals surface area contributed by atoms with E-state index < -0.39 is 11.5 Å². The van der Waals surface area contributed by atoms with E-state index in [1.807, 2.05) is 6.92 Å². The Bertz CT molecular complexity index is 608. The minimum atomic E-state index is -0.919. The first kappa shape index (κ1) is 17.0. The lowest BCUT2D eigenvalue weighted by Crippen LogP contribution is -2.54. The quantitative estimate of drug-likeness (QED) is 0.716. The summed E-state index contributed by atoms with van der Waals surface area (Å²) in [5.41, 5.74) is 0.140. The first-order chi connectivity index (χ1) is 11.0. The summed E-state index contributed by atoms with van der Waals surface area (Å²) in [5.74, 6) is -1.47. The standard InChI is InChI=1S/C17H22N2O4/c1-2-9-18-15(22)12-5-3-6-13(10-12)16(23)19-17(7-4-8-17)11-14(20)21/h3,5-6,10H,2,4,7-9,11H2,1H3,(H,18,22)(H,19,23)(H,20,21). The van der Waals surface area contributed by atoms with Gasteiger partial charge in [-0.05, 0) is 43.9 Å². The number of carboxylic acid groups (broad SMARTS) is 1. The molecule has 1 aliphatic carbocycles. The highest BCUT2D eigenvalue weighted by Gasteiger charge is 2.40. The summed E-state index contributed by atoms with van der Waals surface area (Å²) in [5, 5.41) is 14.6. The van der Waals surface area contributed by atoms with Crippen LogP contribution in [0.3, 0.4) is 0 Å². The normalized spacial score (nSPS) is 15.3. The molecule has 1 aromatic rings. The van der Waals surface area contributed by atoms with E-state index >= 15 is 0 Å². The van der Waals surface area contributed by atoms with Gasteiger partial charge in [0.1, 0.15) is 0 Å². The van der Waals surface area contributed by atoms with Crippen LogP contribution >= 0.6 is 0 Å². The molecule has 0 bridgehead atoms.